The van der Waals surface area contributed by atoms with Crippen molar-refractivity contribution in [3.8, 4) is 16.3 Å². The van der Waals surface area contributed by atoms with Gasteiger partial charge in [0.1, 0.15) is 10.8 Å². The molecule has 2 amide bonds. The van der Waals surface area contributed by atoms with Gasteiger partial charge in [0.2, 0.25) is 0 Å². The third-order valence-corrected chi connectivity index (χ3v) is 5.35. The predicted molar refractivity (Wildman–Crippen MR) is 111 cm³/mol. The zero-order chi connectivity index (χ0) is 19.2. The monoisotopic (exact) mass is 401 g/mol. The Morgan fingerprint density at radius 2 is 1.93 bits per heavy atom. The standard InChI is InChI=1S/C20H20ClN3O2S/c1-3-26-15-10-8-14(9-11-15)24-20(25)22-12-18-13(2)23-19(27-18)16-6-4-5-7-17(16)21/h4-11H,3,12H2,1-2H3,(H2,22,24,25). The molecule has 1 heterocycles. The second kappa shape index (κ2) is 8.88. The van der Waals surface area contributed by atoms with E-state index in [1.807, 2.05) is 50.2 Å². The number of aromatic nitrogens is 1. The van der Waals surface area contributed by atoms with Crippen LogP contribution in [0.1, 0.15) is 17.5 Å². The van der Waals surface area contributed by atoms with Gasteiger partial charge < -0.3 is 15.4 Å². The minimum absolute atomic E-state index is 0.272. The Labute approximate surface area is 167 Å². The summed E-state index contributed by atoms with van der Waals surface area (Å²) in [4.78, 5) is 17.7. The third kappa shape index (κ3) is 4.99. The van der Waals surface area contributed by atoms with Crippen LogP contribution >= 0.6 is 22.9 Å². The van der Waals surface area contributed by atoms with Gasteiger partial charge in [0.05, 0.1) is 23.9 Å². The van der Waals surface area contributed by atoms with E-state index in [1.165, 1.54) is 11.3 Å². The molecule has 0 fully saturated rings. The zero-order valence-electron chi connectivity index (χ0n) is 15.1. The van der Waals surface area contributed by atoms with Gasteiger partial charge in [-0.05, 0) is 44.2 Å². The van der Waals surface area contributed by atoms with Crippen molar-refractivity contribution in [3.63, 3.8) is 0 Å². The quantitative estimate of drug-likeness (QED) is 0.573. The lowest BCUT2D eigenvalue weighted by Crippen LogP contribution is -2.28. The van der Waals surface area contributed by atoms with Crippen LogP contribution in [0.3, 0.4) is 0 Å². The normalized spacial score (nSPS) is 10.5. The summed E-state index contributed by atoms with van der Waals surface area (Å²) in [5, 5.41) is 7.18. The highest BCUT2D eigenvalue weighted by molar-refractivity contribution is 7.15. The molecule has 1 aromatic heterocycles. The van der Waals surface area contributed by atoms with Crippen LogP contribution in [0.25, 0.3) is 10.6 Å². The molecular weight excluding hydrogens is 382 g/mol. The largest absolute Gasteiger partial charge is 0.494 e. The molecule has 0 saturated carbocycles. The molecule has 0 aliphatic carbocycles. The third-order valence-electron chi connectivity index (χ3n) is 3.83. The minimum atomic E-state index is -0.272. The SMILES string of the molecule is CCOc1ccc(NC(=O)NCc2sc(-c3ccccc3Cl)nc2C)cc1. The maximum atomic E-state index is 12.1. The molecule has 0 spiro atoms. The summed E-state index contributed by atoms with van der Waals surface area (Å²) >= 11 is 7.77. The highest BCUT2D eigenvalue weighted by Crippen LogP contribution is 2.32. The van der Waals surface area contributed by atoms with E-state index in [9.17, 15) is 4.79 Å². The van der Waals surface area contributed by atoms with Gasteiger partial charge >= 0.3 is 6.03 Å². The summed E-state index contributed by atoms with van der Waals surface area (Å²) in [6, 6.07) is 14.6. The molecule has 0 radical (unpaired) electrons. The number of carbonyl (C=O) groups excluding carboxylic acids is 1. The average molecular weight is 402 g/mol. The fraction of sp³-hybridized carbons (Fsp3) is 0.200. The Kier molecular flexibility index (Phi) is 6.32. The summed E-state index contributed by atoms with van der Waals surface area (Å²) < 4.78 is 5.39. The Morgan fingerprint density at radius 3 is 2.63 bits per heavy atom. The van der Waals surface area contributed by atoms with Crippen LogP contribution in [-0.2, 0) is 6.54 Å². The molecule has 5 nitrogen and oxygen atoms in total. The van der Waals surface area contributed by atoms with Crippen LogP contribution in [-0.4, -0.2) is 17.6 Å². The Morgan fingerprint density at radius 1 is 1.19 bits per heavy atom. The Bertz CT molecular complexity index is 925. The molecule has 3 aromatic rings. The number of hydrogen-bond acceptors (Lipinski definition) is 4. The van der Waals surface area contributed by atoms with Crippen LogP contribution in [0, 0.1) is 6.92 Å². The molecule has 27 heavy (non-hydrogen) atoms. The van der Waals surface area contributed by atoms with Crippen LogP contribution < -0.4 is 15.4 Å². The molecule has 0 saturated heterocycles. The smallest absolute Gasteiger partial charge is 0.319 e. The molecule has 3 rings (SSSR count). The van der Waals surface area contributed by atoms with Crippen molar-refractivity contribution >= 4 is 34.7 Å². The van der Waals surface area contributed by atoms with Crippen molar-refractivity contribution in [3.05, 3.63) is 64.1 Å². The fourth-order valence-corrected chi connectivity index (χ4v) is 3.80. The summed E-state index contributed by atoms with van der Waals surface area (Å²) in [6.45, 7) is 4.87. The number of halogens is 1. The van der Waals surface area contributed by atoms with Gasteiger partial charge in [-0.3, -0.25) is 0 Å². The van der Waals surface area contributed by atoms with E-state index in [0.29, 0.717) is 23.9 Å². The number of anilines is 1. The molecule has 0 bridgehead atoms. The number of rotatable bonds is 6. The average Bonchev–Trinajstić information content (AvgIpc) is 3.03. The van der Waals surface area contributed by atoms with Crippen molar-refractivity contribution < 1.29 is 9.53 Å². The van der Waals surface area contributed by atoms with E-state index in [2.05, 4.69) is 15.6 Å². The molecule has 0 aliphatic rings. The number of thiazole rings is 1. The lowest BCUT2D eigenvalue weighted by Gasteiger charge is -2.08. The molecule has 0 unspecified atom stereocenters. The number of amides is 2. The highest BCUT2D eigenvalue weighted by atomic mass is 35.5. The van der Waals surface area contributed by atoms with E-state index in [4.69, 9.17) is 16.3 Å². The maximum absolute atomic E-state index is 12.1. The van der Waals surface area contributed by atoms with Crippen LogP contribution in [0.2, 0.25) is 5.02 Å². The maximum Gasteiger partial charge on any atom is 0.319 e. The van der Waals surface area contributed by atoms with Crippen molar-refractivity contribution in [1.29, 1.82) is 0 Å². The number of aryl methyl sites for hydroxylation is 1. The highest BCUT2D eigenvalue weighted by Gasteiger charge is 2.12. The molecule has 2 aromatic carbocycles. The summed E-state index contributed by atoms with van der Waals surface area (Å²) in [5.41, 5.74) is 2.49. The second-order valence-electron chi connectivity index (χ2n) is 5.77. The lowest BCUT2D eigenvalue weighted by atomic mass is 10.2. The number of nitrogens with one attached hydrogen (secondary N) is 2. The first kappa shape index (κ1) is 19.2. The molecule has 0 aliphatic heterocycles. The topological polar surface area (TPSA) is 63.2 Å². The number of carbonyl (C=O) groups is 1. The van der Waals surface area contributed by atoms with Gasteiger partial charge in [-0.2, -0.15) is 0 Å². The van der Waals surface area contributed by atoms with Gasteiger partial charge in [-0.15, -0.1) is 11.3 Å². The first-order valence-electron chi connectivity index (χ1n) is 8.55. The van der Waals surface area contributed by atoms with Crippen LogP contribution in [0.5, 0.6) is 5.75 Å². The van der Waals surface area contributed by atoms with E-state index in [1.54, 1.807) is 12.1 Å². The number of nitrogens with zero attached hydrogens (tertiary/aromatic N) is 1. The Hall–Kier alpha value is -2.57. The summed E-state index contributed by atoms with van der Waals surface area (Å²) in [7, 11) is 0. The number of benzene rings is 2. The molecule has 7 heteroatoms. The molecule has 0 atom stereocenters. The summed E-state index contributed by atoms with van der Waals surface area (Å²) in [5.74, 6) is 0.774. The fourth-order valence-electron chi connectivity index (χ4n) is 2.48. The van der Waals surface area contributed by atoms with Gasteiger partial charge in [0.15, 0.2) is 0 Å². The first-order valence-corrected chi connectivity index (χ1v) is 9.75. The van der Waals surface area contributed by atoms with E-state index >= 15 is 0 Å². The molecular formula is C20H20ClN3O2S. The van der Waals surface area contributed by atoms with Crippen LogP contribution in [0.15, 0.2) is 48.5 Å². The number of hydrogen-bond donors (Lipinski definition) is 2. The first-order chi connectivity index (χ1) is 13.1. The zero-order valence-corrected chi connectivity index (χ0v) is 16.7. The van der Waals surface area contributed by atoms with Crippen molar-refractivity contribution in [2.24, 2.45) is 0 Å². The van der Waals surface area contributed by atoms with E-state index in [0.717, 1.165) is 26.9 Å². The van der Waals surface area contributed by atoms with Crippen molar-refractivity contribution in [2.45, 2.75) is 20.4 Å². The second-order valence-corrected chi connectivity index (χ2v) is 7.26. The van der Waals surface area contributed by atoms with Gasteiger partial charge in [0.25, 0.3) is 0 Å². The van der Waals surface area contributed by atoms with Gasteiger partial charge in [-0.1, -0.05) is 29.8 Å². The summed E-state index contributed by atoms with van der Waals surface area (Å²) in [6.07, 6.45) is 0. The van der Waals surface area contributed by atoms with Gasteiger partial charge in [-0.25, -0.2) is 9.78 Å². The van der Waals surface area contributed by atoms with Gasteiger partial charge in [0, 0.05) is 16.1 Å². The minimum Gasteiger partial charge on any atom is -0.494 e. The van der Waals surface area contributed by atoms with E-state index < -0.39 is 0 Å². The molecule has 140 valence electrons. The number of ether oxygens (including phenoxy) is 1. The van der Waals surface area contributed by atoms with E-state index in [-0.39, 0.29) is 6.03 Å². The predicted octanol–water partition coefficient (Wildman–Crippen LogP) is 5.49. The number of urea groups is 1. The Balaban J connectivity index is 1.60. The molecule has 2 N–H and O–H groups in total. The van der Waals surface area contributed by atoms with Crippen molar-refractivity contribution in [1.82, 2.24) is 10.3 Å². The van der Waals surface area contributed by atoms with Crippen LogP contribution in [0.4, 0.5) is 10.5 Å². The van der Waals surface area contributed by atoms with Crippen molar-refractivity contribution in [2.75, 3.05) is 11.9 Å². The lowest BCUT2D eigenvalue weighted by molar-refractivity contribution is 0.252.